The Morgan fingerprint density at radius 2 is 1.64 bits per heavy atom. The first-order valence-electron chi connectivity index (χ1n) is 9.18. The van der Waals surface area contributed by atoms with Crippen LogP contribution < -0.4 is 5.32 Å². The molecule has 0 radical (unpaired) electrons. The Labute approximate surface area is 167 Å². The lowest BCUT2D eigenvalue weighted by Crippen LogP contribution is -2.09. The van der Waals surface area contributed by atoms with Gasteiger partial charge in [0.25, 0.3) is 0 Å². The molecule has 2 aromatic carbocycles. The van der Waals surface area contributed by atoms with Gasteiger partial charge in [0, 0.05) is 52.1 Å². The molecule has 1 aliphatic rings. The molecule has 0 unspecified atom stereocenters. The zero-order valence-electron chi connectivity index (χ0n) is 15.1. The maximum Gasteiger partial charge on any atom is 0.123 e. The molecule has 1 aliphatic heterocycles. The van der Waals surface area contributed by atoms with Gasteiger partial charge in [-0.25, -0.2) is 4.39 Å². The number of benzene rings is 2. The van der Waals surface area contributed by atoms with Gasteiger partial charge in [-0.05, 0) is 65.7 Å². The summed E-state index contributed by atoms with van der Waals surface area (Å²) in [5, 5.41) is 3.48. The SMILES string of the molecule is Fc1ccc(-c2[nH]c(-c3ccc4c(c3)NCCS4)cc2-c2ccncc2)cc1. The zero-order chi connectivity index (χ0) is 18.9. The van der Waals surface area contributed by atoms with E-state index < -0.39 is 0 Å². The van der Waals surface area contributed by atoms with Crippen LogP contribution in [0.15, 0.2) is 78.0 Å². The number of aromatic amines is 1. The molecule has 0 atom stereocenters. The number of pyridine rings is 1. The average molecular weight is 387 g/mol. The summed E-state index contributed by atoms with van der Waals surface area (Å²) in [6.45, 7) is 0.981. The van der Waals surface area contributed by atoms with Crippen molar-refractivity contribution in [3.63, 3.8) is 0 Å². The molecule has 2 N–H and O–H groups in total. The first-order chi connectivity index (χ1) is 13.8. The fourth-order valence-corrected chi connectivity index (χ4v) is 4.40. The Kier molecular flexibility index (Phi) is 4.37. The highest BCUT2D eigenvalue weighted by molar-refractivity contribution is 7.99. The van der Waals surface area contributed by atoms with E-state index in [1.165, 1.54) is 22.7 Å². The summed E-state index contributed by atoms with van der Waals surface area (Å²) in [7, 11) is 0. The van der Waals surface area contributed by atoms with E-state index in [4.69, 9.17) is 0 Å². The number of halogens is 1. The van der Waals surface area contributed by atoms with Gasteiger partial charge in [-0.15, -0.1) is 11.8 Å². The molecule has 2 aromatic heterocycles. The third-order valence-electron chi connectivity index (χ3n) is 4.91. The summed E-state index contributed by atoms with van der Waals surface area (Å²) in [5.74, 6) is 0.856. The lowest BCUT2D eigenvalue weighted by molar-refractivity contribution is 0.628. The lowest BCUT2D eigenvalue weighted by atomic mass is 10.0. The largest absolute Gasteiger partial charge is 0.383 e. The van der Waals surface area contributed by atoms with Crippen molar-refractivity contribution in [2.75, 3.05) is 17.6 Å². The molecule has 0 fully saturated rings. The maximum absolute atomic E-state index is 13.4. The van der Waals surface area contributed by atoms with E-state index in [9.17, 15) is 4.39 Å². The number of hydrogen-bond acceptors (Lipinski definition) is 3. The molecule has 0 spiro atoms. The van der Waals surface area contributed by atoms with E-state index in [1.54, 1.807) is 24.5 Å². The fourth-order valence-electron chi connectivity index (χ4n) is 3.52. The van der Waals surface area contributed by atoms with Gasteiger partial charge >= 0.3 is 0 Å². The number of H-pyrrole nitrogens is 1. The minimum absolute atomic E-state index is 0.237. The van der Waals surface area contributed by atoms with Crippen molar-refractivity contribution in [1.82, 2.24) is 9.97 Å². The molecular formula is C23H18FN3S. The van der Waals surface area contributed by atoms with Crippen LogP contribution in [-0.2, 0) is 0 Å². The molecule has 4 aromatic rings. The second kappa shape index (κ2) is 7.17. The number of thioether (sulfide) groups is 1. The predicted molar refractivity (Wildman–Crippen MR) is 114 cm³/mol. The lowest BCUT2D eigenvalue weighted by Gasteiger charge is -2.17. The van der Waals surface area contributed by atoms with Gasteiger partial charge < -0.3 is 10.3 Å². The average Bonchev–Trinajstić information content (AvgIpc) is 3.20. The number of nitrogens with zero attached hydrogens (tertiary/aromatic N) is 1. The number of rotatable bonds is 3. The van der Waals surface area contributed by atoms with Gasteiger partial charge in [0.15, 0.2) is 0 Å². The topological polar surface area (TPSA) is 40.7 Å². The predicted octanol–water partition coefficient (Wildman–Crippen LogP) is 6.07. The van der Waals surface area contributed by atoms with E-state index in [-0.39, 0.29) is 5.82 Å². The van der Waals surface area contributed by atoms with Crippen LogP contribution in [0.25, 0.3) is 33.6 Å². The van der Waals surface area contributed by atoms with Crippen molar-refractivity contribution in [3.8, 4) is 33.6 Å². The number of nitrogens with one attached hydrogen (secondary N) is 2. The monoisotopic (exact) mass is 387 g/mol. The molecule has 28 heavy (non-hydrogen) atoms. The summed E-state index contributed by atoms with van der Waals surface area (Å²) in [6.07, 6.45) is 3.58. The highest BCUT2D eigenvalue weighted by atomic mass is 32.2. The minimum Gasteiger partial charge on any atom is -0.383 e. The minimum atomic E-state index is -0.237. The van der Waals surface area contributed by atoms with Crippen LogP contribution in [0, 0.1) is 5.82 Å². The van der Waals surface area contributed by atoms with Crippen LogP contribution in [-0.4, -0.2) is 22.3 Å². The Balaban J connectivity index is 1.65. The Hall–Kier alpha value is -3.05. The van der Waals surface area contributed by atoms with Crippen molar-refractivity contribution in [1.29, 1.82) is 0 Å². The van der Waals surface area contributed by atoms with Gasteiger partial charge in [-0.2, -0.15) is 0 Å². The zero-order valence-corrected chi connectivity index (χ0v) is 15.9. The third-order valence-corrected chi connectivity index (χ3v) is 5.98. The van der Waals surface area contributed by atoms with Crippen LogP contribution in [0.4, 0.5) is 10.1 Å². The molecule has 0 bridgehead atoms. The smallest absolute Gasteiger partial charge is 0.123 e. The molecule has 5 heteroatoms. The summed E-state index contributed by atoms with van der Waals surface area (Å²) in [6, 6.07) is 19.3. The highest BCUT2D eigenvalue weighted by Gasteiger charge is 2.15. The number of fused-ring (bicyclic) bond motifs is 1. The first-order valence-corrected chi connectivity index (χ1v) is 10.2. The standard InChI is InChI=1S/C23H18FN3S/c24-18-4-1-16(2-5-18)23-19(15-7-9-25-10-8-15)14-20(27-23)17-3-6-22-21(13-17)26-11-12-28-22/h1-10,13-14,26-27H,11-12H2. The Bertz CT molecular complexity index is 1120. The van der Waals surface area contributed by atoms with E-state index in [0.29, 0.717) is 0 Å². The van der Waals surface area contributed by atoms with Crippen molar-refractivity contribution in [3.05, 3.63) is 78.9 Å². The third kappa shape index (κ3) is 3.18. The molecule has 0 saturated heterocycles. The molecule has 0 saturated carbocycles. The molecule has 3 heterocycles. The highest BCUT2D eigenvalue weighted by Crippen LogP contribution is 2.38. The van der Waals surface area contributed by atoms with Crippen LogP contribution in [0.1, 0.15) is 0 Å². The molecule has 0 amide bonds. The molecular weight excluding hydrogens is 369 g/mol. The van der Waals surface area contributed by atoms with Crippen molar-refractivity contribution in [2.24, 2.45) is 0 Å². The quantitative estimate of drug-likeness (QED) is 0.448. The number of hydrogen-bond donors (Lipinski definition) is 2. The van der Waals surface area contributed by atoms with Crippen molar-refractivity contribution in [2.45, 2.75) is 4.90 Å². The van der Waals surface area contributed by atoms with Crippen molar-refractivity contribution < 1.29 is 4.39 Å². The van der Waals surface area contributed by atoms with Gasteiger partial charge in [-0.1, -0.05) is 6.07 Å². The van der Waals surface area contributed by atoms with Gasteiger partial charge in [0.1, 0.15) is 5.82 Å². The molecule has 5 rings (SSSR count). The first kappa shape index (κ1) is 17.1. The van der Waals surface area contributed by atoms with Crippen LogP contribution >= 0.6 is 11.8 Å². The molecule has 3 nitrogen and oxygen atoms in total. The Morgan fingerprint density at radius 1 is 0.857 bits per heavy atom. The van der Waals surface area contributed by atoms with Gasteiger partial charge in [-0.3, -0.25) is 4.98 Å². The Morgan fingerprint density at radius 3 is 2.46 bits per heavy atom. The maximum atomic E-state index is 13.4. The number of aromatic nitrogens is 2. The van der Waals surface area contributed by atoms with Crippen molar-refractivity contribution >= 4 is 17.4 Å². The fraction of sp³-hybridized carbons (Fsp3) is 0.0870. The van der Waals surface area contributed by atoms with E-state index in [0.717, 1.165) is 45.9 Å². The van der Waals surface area contributed by atoms with E-state index in [2.05, 4.69) is 39.6 Å². The van der Waals surface area contributed by atoms with Crippen LogP contribution in [0.3, 0.4) is 0 Å². The second-order valence-electron chi connectivity index (χ2n) is 6.70. The normalized spacial score (nSPS) is 13.0. The van der Waals surface area contributed by atoms with E-state index in [1.807, 2.05) is 23.9 Å². The van der Waals surface area contributed by atoms with Gasteiger partial charge in [0.2, 0.25) is 0 Å². The number of anilines is 1. The molecule has 138 valence electrons. The summed E-state index contributed by atoms with van der Waals surface area (Å²) in [5.41, 5.74) is 7.40. The summed E-state index contributed by atoms with van der Waals surface area (Å²) in [4.78, 5) is 8.98. The van der Waals surface area contributed by atoms with Crippen LogP contribution in [0.5, 0.6) is 0 Å². The van der Waals surface area contributed by atoms with Crippen LogP contribution in [0.2, 0.25) is 0 Å². The molecule has 0 aliphatic carbocycles. The van der Waals surface area contributed by atoms with E-state index >= 15 is 0 Å². The summed E-state index contributed by atoms with van der Waals surface area (Å²) >= 11 is 1.88. The van der Waals surface area contributed by atoms with Gasteiger partial charge in [0.05, 0.1) is 5.69 Å². The second-order valence-corrected chi connectivity index (χ2v) is 7.84. The summed E-state index contributed by atoms with van der Waals surface area (Å²) < 4.78 is 13.4.